The number of hydrogen-bond acceptors (Lipinski definition) is 5. The summed E-state index contributed by atoms with van der Waals surface area (Å²) in [6.07, 6.45) is 5.44. The van der Waals surface area contributed by atoms with Crippen molar-refractivity contribution < 1.29 is 13.9 Å². The standard InChI is InChI=1S/C18H24N4O3/c1-13-10-22-12-15(2-3-16(22)19-13)20-18(23)17-14(4-7-25-17)11-21-5-8-24-9-6-21/h4,7,10,15H,2-3,5-6,8-9,11-12H2,1H3,(H,20,23)/t15-/m0/s1. The van der Waals surface area contributed by atoms with Crippen LogP contribution in [0.5, 0.6) is 0 Å². The lowest BCUT2D eigenvalue weighted by Crippen LogP contribution is -2.41. The maximum absolute atomic E-state index is 12.7. The van der Waals surface area contributed by atoms with Crippen molar-refractivity contribution in [3.63, 3.8) is 0 Å². The van der Waals surface area contributed by atoms with E-state index in [2.05, 4.69) is 19.8 Å². The van der Waals surface area contributed by atoms with E-state index in [4.69, 9.17) is 9.15 Å². The minimum atomic E-state index is -0.126. The predicted molar refractivity (Wildman–Crippen MR) is 91.3 cm³/mol. The van der Waals surface area contributed by atoms with Gasteiger partial charge in [-0.05, 0) is 19.4 Å². The van der Waals surface area contributed by atoms with Crippen LogP contribution in [-0.2, 0) is 24.2 Å². The number of ether oxygens (including phenoxy) is 1. The van der Waals surface area contributed by atoms with Gasteiger partial charge in [-0.1, -0.05) is 0 Å². The van der Waals surface area contributed by atoms with Gasteiger partial charge in [0.05, 0.1) is 25.2 Å². The number of carbonyl (C=O) groups is 1. The number of imidazole rings is 1. The molecule has 4 rings (SSSR count). The highest BCUT2D eigenvalue weighted by atomic mass is 16.5. The van der Waals surface area contributed by atoms with E-state index in [0.717, 1.165) is 69.3 Å². The number of morpholine rings is 1. The molecule has 0 aromatic carbocycles. The van der Waals surface area contributed by atoms with Crippen molar-refractivity contribution in [3.8, 4) is 0 Å². The lowest BCUT2D eigenvalue weighted by Gasteiger charge is -2.27. The van der Waals surface area contributed by atoms with Crippen molar-refractivity contribution in [2.75, 3.05) is 26.3 Å². The molecule has 2 aromatic rings. The van der Waals surface area contributed by atoms with Crippen LogP contribution in [0.3, 0.4) is 0 Å². The Bertz CT molecular complexity index is 745. The molecule has 7 heteroatoms. The van der Waals surface area contributed by atoms with Crippen LogP contribution in [0.4, 0.5) is 0 Å². The summed E-state index contributed by atoms with van der Waals surface area (Å²) in [5.74, 6) is 1.41. The van der Waals surface area contributed by atoms with Gasteiger partial charge < -0.3 is 19.0 Å². The van der Waals surface area contributed by atoms with Crippen LogP contribution in [0, 0.1) is 6.92 Å². The van der Waals surface area contributed by atoms with Gasteiger partial charge in [0.15, 0.2) is 5.76 Å². The molecule has 1 N–H and O–H groups in total. The van der Waals surface area contributed by atoms with Crippen LogP contribution in [0.15, 0.2) is 22.9 Å². The van der Waals surface area contributed by atoms with E-state index < -0.39 is 0 Å². The van der Waals surface area contributed by atoms with E-state index >= 15 is 0 Å². The highest BCUT2D eigenvalue weighted by Gasteiger charge is 2.25. The lowest BCUT2D eigenvalue weighted by molar-refractivity contribution is 0.0339. The number of fused-ring (bicyclic) bond motifs is 1. The average Bonchev–Trinajstić information content (AvgIpc) is 3.21. The predicted octanol–water partition coefficient (Wildman–Crippen LogP) is 1.36. The van der Waals surface area contributed by atoms with E-state index in [1.54, 1.807) is 6.26 Å². The second kappa shape index (κ2) is 7.01. The van der Waals surface area contributed by atoms with Gasteiger partial charge >= 0.3 is 0 Å². The number of nitrogens with one attached hydrogen (secondary N) is 1. The monoisotopic (exact) mass is 344 g/mol. The Labute approximate surface area is 147 Å². The van der Waals surface area contributed by atoms with Gasteiger partial charge in [0, 0.05) is 50.4 Å². The van der Waals surface area contributed by atoms with Crippen LogP contribution in [0.25, 0.3) is 0 Å². The molecule has 0 saturated carbocycles. The Morgan fingerprint density at radius 2 is 2.24 bits per heavy atom. The Morgan fingerprint density at radius 1 is 1.40 bits per heavy atom. The Morgan fingerprint density at radius 3 is 3.08 bits per heavy atom. The van der Waals surface area contributed by atoms with Crippen LogP contribution >= 0.6 is 0 Å². The molecule has 1 atom stereocenters. The van der Waals surface area contributed by atoms with Crippen molar-refractivity contribution in [2.24, 2.45) is 0 Å². The van der Waals surface area contributed by atoms with Crippen LogP contribution in [0.1, 0.15) is 34.1 Å². The summed E-state index contributed by atoms with van der Waals surface area (Å²) in [5, 5.41) is 3.12. The minimum absolute atomic E-state index is 0.106. The van der Waals surface area contributed by atoms with E-state index in [1.165, 1.54) is 0 Å². The fourth-order valence-corrected chi connectivity index (χ4v) is 3.61. The zero-order chi connectivity index (χ0) is 17.2. The third-order valence-electron chi connectivity index (χ3n) is 4.90. The molecule has 1 fully saturated rings. The summed E-state index contributed by atoms with van der Waals surface area (Å²) in [4.78, 5) is 19.5. The average molecular weight is 344 g/mol. The first-order valence-electron chi connectivity index (χ1n) is 8.89. The van der Waals surface area contributed by atoms with Crippen molar-refractivity contribution in [2.45, 2.75) is 38.9 Å². The quantitative estimate of drug-likeness (QED) is 0.907. The SMILES string of the molecule is Cc1cn2c(n1)CC[C@H](NC(=O)c1occc1CN1CCOCC1)C2. The first kappa shape index (κ1) is 16.4. The third kappa shape index (κ3) is 3.62. The molecular formula is C18H24N4O3. The molecule has 2 aromatic heterocycles. The summed E-state index contributed by atoms with van der Waals surface area (Å²) in [6, 6.07) is 2.00. The first-order valence-corrected chi connectivity index (χ1v) is 8.89. The Balaban J connectivity index is 1.39. The fraction of sp³-hybridized carbons (Fsp3) is 0.556. The highest BCUT2D eigenvalue weighted by molar-refractivity contribution is 5.93. The molecule has 4 heterocycles. The second-order valence-electron chi connectivity index (χ2n) is 6.82. The van der Waals surface area contributed by atoms with Gasteiger partial charge in [-0.25, -0.2) is 4.98 Å². The van der Waals surface area contributed by atoms with Gasteiger partial charge in [0.1, 0.15) is 5.82 Å². The Hall–Kier alpha value is -2.12. The summed E-state index contributed by atoms with van der Waals surface area (Å²) in [6.45, 7) is 6.75. The number of aryl methyl sites for hydroxylation is 2. The molecule has 0 radical (unpaired) electrons. The van der Waals surface area contributed by atoms with Gasteiger partial charge in [-0.15, -0.1) is 0 Å². The number of hydrogen-bond donors (Lipinski definition) is 1. The molecule has 0 unspecified atom stereocenters. The topological polar surface area (TPSA) is 72.5 Å². The molecule has 0 bridgehead atoms. The molecule has 1 saturated heterocycles. The number of furan rings is 1. The number of rotatable bonds is 4. The van der Waals surface area contributed by atoms with E-state index in [9.17, 15) is 4.79 Å². The van der Waals surface area contributed by atoms with Crippen molar-refractivity contribution in [3.05, 3.63) is 41.4 Å². The second-order valence-corrected chi connectivity index (χ2v) is 6.82. The van der Waals surface area contributed by atoms with Crippen molar-refractivity contribution in [1.29, 1.82) is 0 Å². The van der Waals surface area contributed by atoms with Gasteiger partial charge in [0.2, 0.25) is 0 Å². The molecule has 2 aliphatic rings. The molecule has 7 nitrogen and oxygen atoms in total. The van der Waals surface area contributed by atoms with E-state index in [1.807, 2.05) is 19.2 Å². The summed E-state index contributed by atoms with van der Waals surface area (Å²) in [5.41, 5.74) is 1.97. The van der Waals surface area contributed by atoms with Crippen molar-refractivity contribution in [1.82, 2.24) is 19.8 Å². The van der Waals surface area contributed by atoms with Crippen LogP contribution in [0.2, 0.25) is 0 Å². The smallest absolute Gasteiger partial charge is 0.287 e. The molecule has 1 amide bonds. The van der Waals surface area contributed by atoms with E-state index in [-0.39, 0.29) is 11.9 Å². The highest BCUT2D eigenvalue weighted by Crippen LogP contribution is 2.18. The summed E-state index contributed by atoms with van der Waals surface area (Å²) in [7, 11) is 0. The van der Waals surface area contributed by atoms with Gasteiger partial charge in [-0.2, -0.15) is 0 Å². The number of amides is 1. The largest absolute Gasteiger partial charge is 0.459 e. The minimum Gasteiger partial charge on any atom is -0.459 e. The van der Waals surface area contributed by atoms with E-state index in [0.29, 0.717) is 5.76 Å². The molecular weight excluding hydrogens is 320 g/mol. The van der Waals surface area contributed by atoms with Gasteiger partial charge in [0.25, 0.3) is 5.91 Å². The Kier molecular flexibility index (Phi) is 4.59. The van der Waals surface area contributed by atoms with Crippen LogP contribution in [-0.4, -0.2) is 52.7 Å². The maximum atomic E-state index is 12.7. The number of aromatic nitrogens is 2. The zero-order valence-electron chi connectivity index (χ0n) is 14.5. The van der Waals surface area contributed by atoms with Crippen molar-refractivity contribution >= 4 is 5.91 Å². The first-order chi connectivity index (χ1) is 12.2. The number of nitrogens with zero attached hydrogens (tertiary/aromatic N) is 3. The third-order valence-corrected chi connectivity index (χ3v) is 4.90. The van der Waals surface area contributed by atoms with Gasteiger partial charge in [-0.3, -0.25) is 9.69 Å². The fourth-order valence-electron chi connectivity index (χ4n) is 3.61. The summed E-state index contributed by atoms with van der Waals surface area (Å²) < 4.78 is 13.0. The molecule has 134 valence electrons. The zero-order valence-corrected chi connectivity index (χ0v) is 14.5. The molecule has 25 heavy (non-hydrogen) atoms. The number of carbonyl (C=O) groups excluding carboxylic acids is 1. The maximum Gasteiger partial charge on any atom is 0.287 e. The summed E-state index contributed by atoms with van der Waals surface area (Å²) >= 11 is 0. The molecule has 0 aliphatic carbocycles. The molecule has 2 aliphatic heterocycles. The van der Waals surface area contributed by atoms with Crippen LogP contribution < -0.4 is 5.32 Å². The molecule has 0 spiro atoms. The normalized spacial score (nSPS) is 21.1. The lowest BCUT2D eigenvalue weighted by atomic mass is 10.1.